The molecule has 3 aliphatic heterocycles. The topological polar surface area (TPSA) is 291 Å². The molecule has 3 atom stereocenters. The number of aliphatic imine (C=N–C) groups is 3. The number of ether oxygens (including phenoxy) is 7. The lowest BCUT2D eigenvalue weighted by Crippen LogP contribution is -2.50. The van der Waals surface area contributed by atoms with Gasteiger partial charge in [-0.15, -0.1) is 49.3 Å². The van der Waals surface area contributed by atoms with Gasteiger partial charge in [0.2, 0.25) is 29.8 Å². The van der Waals surface area contributed by atoms with E-state index in [1.54, 1.807) is 102 Å². The number of amides is 4. The first-order valence-electron chi connectivity index (χ1n) is 38.2. The summed E-state index contributed by atoms with van der Waals surface area (Å²) >= 11 is 3.17. The molecule has 3 aromatic heterocycles. The van der Waals surface area contributed by atoms with Crippen LogP contribution in [0.5, 0.6) is 17.2 Å². The Bertz CT molecular complexity index is 5570. The van der Waals surface area contributed by atoms with Crippen LogP contribution in [0, 0.1) is 35.3 Å². The second-order valence-electron chi connectivity index (χ2n) is 32.7. The zero-order valence-corrected chi connectivity index (χ0v) is 72.5. The third-order valence-electron chi connectivity index (χ3n) is 18.2. The Morgan fingerprint density at radius 1 is 0.391 bits per heavy atom. The number of halogens is 16. The lowest BCUT2D eigenvalue weighted by atomic mass is 9.81. The molecule has 3 aliphatic rings. The van der Waals surface area contributed by atoms with Crippen molar-refractivity contribution in [1.29, 1.82) is 0 Å². The number of imide groups is 2. The van der Waals surface area contributed by atoms with Gasteiger partial charge in [-0.1, -0.05) is 60.7 Å². The predicted molar refractivity (Wildman–Crippen MR) is 442 cm³/mol. The van der Waals surface area contributed by atoms with Gasteiger partial charge in [0.1, 0.15) is 73.7 Å². The number of nitrogens with zero attached hydrogens (tertiary/aromatic N) is 11. The highest BCUT2D eigenvalue weighted by Crippen LogP contribution is 2.47. The maximum atomic E-state index is 15.2. The van der Waals surface area contributed by atoms with E-state index in [1.165, 1.54) is 169 Å². The van der Waals surface area contributed by atoms with Crippen LogP contribution in [-0.4, -0.2) is 181 Å². The predicted octanol–water partition coefficient (Wildman–Crippen LogP) is 18.2. The van der Waals surface area contributed by atoms with Crippen LogP contribution in [0.15, 0.2) is 202 Å². The van der Waals surface area contributed by atoms with Gasteiger partial charge in [0, 0.05) is 67.5 Å². The Hall–Kier alpha value is -12.7. The average Bonchev–Trinajstić information content (AvgIpc) is 1.57. The monoisotopic (exact) mass is 1870 g/mol. The molecule has 0 spiro atoms. The zero-order valence-electron chi connectivity index (χ0n) is 70.9. The van der Waals surface area contributed by atoms with Crippen LogP contribution in [0.25, 0.3) is 22.3 Å². The number of alkyl halides is 9. The number of hydrogen-bond acceptors (Lipinski definition) is 23. The van der Waals surface area contributed by atoms with E-state index >= 15 is 4.39 Å². The number of likely N-dealkylation sites (N-methyl/N-ethyl adjacent to an activating group) is 3. The third-order valence-corrected chi connectivity index (χ3v) is 18.8. The molecule has 6 heterocycles. The summed E-state index contributed by atoms with van der Waals surface area (Å²) < 4.78 is 234. The van der Waals surface area contributed by atoms with Crippen molar-refractivity contribution in [1.82, 2.24) is 39.5 Å². The number of nitrogens with two attached hydrogens (primary N) is 1. The zero-order chi connectivity index (χ0) is 95.2. The van der Waals surface area contributed by atoms with Gasteiger partial charge in [-0.25, -0.2) is 62.3 Å². The minimum atomic E-state index is -4.95. The van der Waals surface area contributed by atoms with Crippen molar-refractivity contribution >= 4 is 70.8 Å². The van der Waals surface area contributed by atoms with E-state index < -0.39 is 142 Å². The van der Waals surface area contributed by atoms with Gasteiger partial charge < -0.3 is 63.6 Å². The molecular formula is C86H85BBrF15N12O13. The number of pyridine rings is 3. The minimum Gasteiger partial charge on any atom is -0.443 e. The van der Waals surface area contributed by atoms with Gasteiger partial charge in [-0.2, -0.15) is 13.2 Å². The second-order valence-corrected chi connectivity index (χ2v) is 33.6. The number of benzene rings is 6. The van der Waals surface area contributed by atoms with Gasteiger partial charge in [0.05, 0.1) is 24.1 Å². The van der Waals surface area contributed by atoms with E-state index in [2.05, 4.69) is 50.1 Å². The summed E-state index contributed by atoms with van der Waals surface area (Å²) in [5.74, 6) is -6.13. The first kappa shape index (κ1) is 99.1. The summed E-state index contributed by atoms with van der Waals surface area (Å²) in [4.78, 5) is 84.0. The number of carbonyl (C=O) groups is 4. The smallest absolute Gasteiger partial charge is 0.443 e. The fraction of sp³-hybridized carbons (Fsp3) is 0.326. The van der Waals surface area contributed by atoms with E-state index in [0.717, 1.165) is 30.3 Å². The molecule has 128 heavy (non-hydrogen) atoms. The van der Waals surface area contributed by atoms with Crippen LogP contribution in [0.1, 0.15) is 116 Å². The summed E-state index contributed by atoms with van der Waals surface area (Å²) in [5, 5.41) is 17.0. The Balaban J connectivity index is 0.000000207. The fourth-order valence-corrected chi connectivity index (χ4v) is 13.4. The summed E-state index contributed by atoms with van der Waals surface area (Å²) in [6.45, 7) is 19.5. The van der Waals surface area contributed by atoms with Crippen LogP contribution in [0.3, 0.4) is 0 Å². The molecule has 9 aromatic rings. The molecule has 4 amide bonds. The first-order valence-corrected chi connectivity index (χ1v) is 39.0. The highest BCUT2D eigenvalue weighted by Gasteiger charge is 2.51. The van der Waals surface area contributed by atoms with Gasteiger partial charge >= 0.3 is 50.6 Å². The van der Waals surface area contributed by atoms with Crippen molar-refractivity contribution in [3.05, 3.63) is 256 Å². The maximum Gasteiger partial charge on any atom is 0.573 e. The molecule has 25 nitrogen and oxygen atoms in total. The number of hydrogen-bond donors (Lipinski definition) is 3. The van der Waals surface area contributed by atoms with Gasteiger partial charge in [0.15, 0.2) is 5.96 Å². The molecule has 3 unspecified atom stereocenters. The molecule has 0 bridgehead atoms. The van der Waals surface area contributed by atoms with Crippen LogP contribution in [-0.2, 0) is 35.6 Å². The van der Waals surface area contributed by atoms with E-state index in [0.29, 0.717) is 32.1 Å². The third kappa shape index (κ3) is 25.2. The van der Waals surface area contributed by atoms with Crippen LogP contribution in [0.2, 0.25) is 0 Å². The highest BCUT2D eigenvalue weighted by atomic mass is 79.9. The normalized spacial score (nSPS) is 17.0. The number of carbonyl (C=O) groups excluding carboxylic acids is 4. The molecule has 0 saturated carbocycles. The Kier molecular flexibility index (Phi) is 29.8. The molecule has 6 aromatic carbocycles. The van der Waals surface area contributed by atoms with Crippen molar-refractivity contribution in [3.8, 4) is 39.5 Å². The molecular weight excluding hydrogens is 1780 g/mol. The van der Waals surface area contributed by atoms with Crippen LogP contribution < -0.4 is 25.4 Å². The van der Waals surface area contributed by atoms with E-state index in [4.69, 9.17) is 44.7 Å². The highest BCUT2D eigenvalue weighted by molar-refractivity contribution is 9.10. The SMILES string of the molecule is CN1CC(c2ccc(OC(F)(F)F)cc2)(c2ccc(F)c(-c3cccnc3F)c2)N=C1N.CN1CC(c2ccc(OC(F)(F)F)cc2)(c2ccc(F)c(-c3cccnc3F)c2)N=C1N(C(=O)OC(C)(C)C)C(=O)OC(C)(C)C.CN1CC(c2ccc(OC(F)(F)F)cc2)(c2ccc(F)c(Br)c2)N=C1N(C(=O)OC(C)(C)C)C(=O)OC(C)(C)C.OB(O)c1cccnc1F. The molecule has 12 rings (SSSR count). The van der Waals surface area contributed by atoms with Crippen LogP contribution in [0.4, 0.5) is 85.0 Å². The quantitative estimate of drug-likeness (QED) is 0.0443. The maximum absolute atomic E-state index is 15.2. The molecule has 0 radical (unpaired) electrons. The van der Waals surface area contributed by atoms with Crippen molar-refractivity contribution in [3.63, 3.8) is 0 Å². The summed E-state index contributed by atoms with van der Waals surface area (Å²) in [5.41, 5.74) is -0.349. The van der Waals surface area contributed by atoms with Crippen LogP contribution >= 0.6 is 15.9 Å². The first-order chi connectivity index (χ1) is 59.2. The fourth-order valence-electron chi connectivity index (χ4n) is 13.0. The standard InChI is InChI=1S/C32H33F5N4O5.C27H30BrF4N3O5.C22H17F5N4O.C5H5BFNO2/c1-29(2,3)45-27(42)41(28(43)46-30(4,5)6)26-39-31(18-40(26)7,19-10-13-21(14-11-19)44-32(35,36)37)20-12-15-24(33)23(17-20)22-9-8-16-38-25(22)34;1-24(2,3)39-22(36)35(23(37)40-25(4,5)6)21-33-26(15-34(21)7,17-10-13-20(29)19(28)14-17)16-8-11-18(12-9-16)38-27(30,31)32;1-31-12-21(30-20(31)28,13-4-7-15(8-5-13)32-22(25,26)27)14-6-9-18(23)17(11-14)16-3-2-10-29-19(16)24;7-5-4(6(9)10)2-1-3-8-5/h8-17H,18H2,1-7H3;8-14H,15H2,1-7H3;2-11H,12H2,1H3,(H2,28,30);1-3,9-10H. The number of aromatic nitrogens is 3. The van der Waals surface area contributed by atoms with Crippen molar-refractivity contribution in [2.24, 2.45) is 20.7 Å². The summed E-state index contributed by atoms with van der Waals surface area (Å²) in [6, 6.07) is 35.4. The Morgan fingerprint density at radius 3 is 0.938 bits per heavy atom. The van der Waals surface area contributed by atoms with E-state index in [-0.39, 0.29) is 80.8 Å². The minimum absolute atomic E-state index is 0.0158. The van der Waals surface area contributed by atoms with Gasteiger partial charge in [0.25, 0.3) is 0 Å². The lowest BCUT2D eigenvalue weighted by molar-refractivity contribution is -0.275. The number of rotatable bonds is 12. The average molecular weight is 1870 g/mol. The number of guanidine groups is 3. The van der Waals surface area contributed by atoms with Crippen molar-refractivity contribution in [2.75, 3.05) is 40.8 Å². The molecule has 0 fully saturated rings. The molecule has 0 saturated heterocycles. The lowest BCUT2D eigenvalue weighted by Gasteiger charge is -2.30. The van der Waals surface area contributed by atoms with Crippen molar-refractivity contribution in [2.45, 2.75) is 141 Å². The van der Waals surface area contributed by atoms with E-state index in [1.807, 2.05) is 0 Å². The Labute approximate surface area is 732 Å². The molecule has 4 N–H and O–H groups in total. The molecule has 0 aliphatic carbocycles. The second kappa shape index (κ2) is 38.5. The van der Waals surface area contributed by atoms with Gasteiger partial charge in [-0.3, -0.25) is 0 Å². The largest absolute Gasteiger partial charge is 0.573 e. The van der Waals surface area contributed by atoms with Crippen molar-refractivity contribution < 1.29 is 128 Å². The molecule has 42 heteroatoms. The Morgan fingerprint density at radius 2 is 0.672 bits per heavy atom. The van der Waals surface area contributed by atoms with E-state index in [9.17, 15) is 80.6 Å². The molecule has 682 valence electrons. The van der Waals surface area contributed by atoms with Gasteiger partial charge in [-0.05, 0) is 236 Å². The summed E-state index contributed by atoms with van der Waals surface area (Å²) in [6.07, 6.45) is -15.3. The summed E-state index contributed by atoms with van der Waals surface area (Å²) in [7, 11) is 3.01.